The molecule has 0 aliphatic heterocycles. The monoisotopic (exact) mass is 379 g/mol. The highest BCUT2D eigenvalue weighted by Gasteiger charge is 2.14. The minimum absolute atomic E-state index is 0.134. The zero-order valence-electron chi connectivity index (χ0n) is 15.5. The van der Waals surface area contributed by atoms with Gasteiger partial charge in [0.2, 0.25) is 0 Å². The first-order valence-corrected chi connectivity index (χ1v) is 8.98. The van der Waals surface area contributed by atoms with E-state index in [1.807, 2.05) is 37.3 Å². The number of hydrogen-bond donors (Lipinski definition) is 2. The lowest BCUT2D eigenvalue weighted by atomic mass is 10.0. The molecule has 28 heavy (non-hydrogen) atoms. The number of H-pyrrole nitrogens is 1. The Morgan fingerprint density at radius 2 is 1.75 bits per heavy atom. The van der Waals surface area contributed by atoms with Gasteiger partial charge in [-0.3, -0.25) is 14.4 Å². The summed E-state index contributed by atoms with van der Waals surface area (Å²) in [6.45, 7) is 2.10. The second-order valence-corrected chi connectivity index (χ2v) is 6.50. The molecule has 144 valence electrons. The van der Waals surface area contributed by atoms with E-state index in [1.54, 1.807) is 24.3 Å². The van der Waals surface area contributed by atoms with E-state index < -0.39 is 5.97 Å². The van der Waals surface area contributed by atoms with Crippen LogP contribution in [0.1, 0.15) is 24.1 Å². The van der Waals surface area contributed by atoms with Crippen molar-refractivity contribution in [2.75, 3.05) is 13.2 Å². The van der Waals surface area contributed by atoms with Crippen molar-refractivity contribution in [3.63, 3.8) is 0 Å². The predicted octanol–water partition coefficient (Wildman–Crippen LogP) is 1.93. The lowest BCUT2D eigenvalue weighted by Gasteiger charge is -2.13. The summed E-state index contributed by atoms with van der Waals surface area (Å²) in [5, 5.41) is 10.1. The summed E-state index contributed by atoms with van der Waals surface area (Å²) in [6.07, 6.45) is -0.134. The molecule has 1 aromatic heterocycles. The van der Waals surface area contributed by atoms with Gasteiger partial charge in [-0.1, -0.05) is 55.5 Å². The Morgan fingerprint density at radius 1 is 1.07 bits per heavy atom. The summed E-state index contributed by atoms with van der Waals surface area (Å²) in [5.74, 6) is -0.802. The highest BCUT2D eigenvalue weighted by molar-refractivity contribution is 5.87. The number of hydrogen-bond acceptors (Lipinski definition) is 5. The minimum atomic E-state index is -0.587. The van der Waals surface area contributed by atoms with Gasteiger partial charge in [0.05, 0.1) is 17.5 Å². The number of ether oxygens (including phenoxy) is 1. The first-order chi connectivity index (χ1) is 13.5. The average molecular weight is 379 g/mol. The number of benzene rings is 2. The van der Waals surface area contributed by atoms with Crippen molar-refractivity contribution in [1.29, 1.82) is 0 Å². The van der Waals surface area contributed by atoms with E-state index in [-0.39, 0.29) is 30.4 Å². The van der Waals surface area contributed by atoms with Gasteiger partial charge in [-0.15, -0.1) is 0 Å². The summed E-state index contributed by atoms with van der Waals surface area (Å²) in [7, 11) is 0. The van der Waals surface area contributed by atoms with Gasteiger partial charge >= 0.3 is 5.97 Å². The molecule has 2 aromatic carbocycles. The Bertz CT molecular complexity index is 1030. The zero-order chi connectivity index (χ0) is 19.9. The Kier molecular flexibility index (Phi) is 6.16. The Morgan fingerprint density at radius 3 is 2.50 bits per heavy atom. The number of carbonyl (C=O) groups is 2. The third kappa shape index (κ3) is 4.82. The Labute approximate surface area is 161 Å². The Balaban J connectivity index is 1.50. The van der Waals surface area contributed by atoms with Gasteiger partial charge in [-0.2, -0.15) is 5.10 Å². The van der Waals surface area contributed by atoms with Crippen molar-refractivity contribution in [2.45, 2.75) is 19.3 Å². The minimum Gasteiger partial charge on any atom is -0.455 e. The molecule has 0 unspecified atom stereocenters. The highest BCUT2D eigenvalue weighted by atomic mass is 16.5. The molecule has 0 saturated heterocycles. The summed E-state index contributed by atoms with van der Waals surface area (Å²) >= 11 is 0. The predicted molar refractivity (Wildman–Crippen MR) is 105 cm³/mol. The van der Waals surface area contributed by atoms with Crippen LogP contribution < -0.4 is 10.9 Å². The standard InChI is InChI=1S/C21H21N3O4/c1-14(15-7-3-2-4-8-15)12-22-19(25)13-28-20(26)11-18-16-9-5-6-10-17(16)21(27)24-23-18/h2-10,14H,11-13H2,1H3,(H,22,25)(H,24,27)/t14-/m1/s1. The molecule has 0 spiro atoms. The average Bonchev–Trinajstić information content (AvgIpc) is 2.73. The molecule has 0 aliphatic carbocycles. The molecule has 3 rings (SSSR count). The molecule has 2 N–H and O–H groups in total. The molecule has 0 bridgehead atoms. The lowest BCUT2D eigenvalue weighted by molar-refractivity contribution is -0.147. The number of fused-ring (bicyclic) bond motifs is 1. The van der Waals surface area contributed by atoms with Crippen molar-refractivity contribution in [2.24, 2.45) is 0 Å². The zero-order valence-corrected chi connectivity index (χ0v) is 15.5. The van der Waals surface area contributed by atoms with Crippen molar-refractivity contribution in [3.05, 3.63) is 76.2 Å². The van der Waals surface area contributed by atoms with Crippen LogP contribution in [0.3, 0.4) is 0 Å². The summed E-state index contributed by atoms with van der Waals surface area (Å²) < 4.78 is 5.04. The smallest absolute Gasteiger partial charge is 0.312 e. The van der Waals surface area contributed by atoms with Crippen molar-refractivity contribution >= 4 is 22.6 Å². The van der Waals surface area contributed by atoms with Crippen LogP contribution in [-0.4, -0.2) is 35.2 Å². The molecular formula is C21H21N3O4. The quantitative estimate of drug-likeness (QED) is 0.611. The largest absolute Gasteiger partial charge is 0.455 e. The second-order valence-electron chi connectivity index (χ2n) is 6.50. The maximum absolute atomic E-state index is 12.1. The fourth-order valence-corrected chi connectivity index (χ4v) is 2.86. The van der Waals surface area contributed by atoms with Crippen molar-refractivity contribution in [3.8, 4) is 0 Å². The molecule has 1 atom stereocenters. The molecule has 1 heterocycles. The van der Waals surface area contributed by atoms with Gasteiger partial charge in [-0.05, 0) is 17.5 Å². The third-order valence-electron chi connectivity index (χ3n) is 4.43. The van der Waals surface area contributed by atoms with Gasteiger partial charge in [0.15, 0.2) is 6.61 Å². The number of amides is 1. The van der Waals surface area contributed by atoms with Gasteiger partial charge < -0.3 is 10.1 Å². The van der Waals surface area contributed by atoms with Crippen LogP contribution in [0.4, 0.5) is 0 Å². The number of carbonyl (C=O) groups excluding carboxylic acids is 2. The van der Waals surface area contributed by atoms with Gasteiger partial charge in [-0.25, -0.2) is 5.10 Å². The molecular weight excluding hydrogens is 358 g/mol. The normalized spacial score (nSPS) is 11.8. The first kappa shape index (κ1) is 19.3. The molecule has 0 aliphatic rings. The molecule has 0 fully saturated rings. The topological polar surface area (TPSA) is 101 Å². The van der Waals surface area contributed by atoms with E-state index in [0.717, 1.165) is 5.56 Å². The summed E-state index contributed by atoms with van der Waals surface area (Å²) in [4.78, 5) is 35.8. The Hall–Kier alpha value is -3.48. The number of rotatable bonds is 7. The van der Waals surface area contributed by atoms with Gasteiger partial charge in [0, 0.05) is 11.9 Å². The van der Waals surface area contributed by atoms with Crippen LogP contribution in [0.5, 0.6) is 0 Å². The number of esters is 1. The maximum atomic E-state index is 12.1. The summed E-state index contributed by atoms with van der Waals surface area (Å²) in [5.41, 5.74) is 1.20. The van der Waals surface area contributed by atoms with Crippen molar-refractivity contribution < 1.29 is 14.3 Å². The van der Waals surface area contributed by atoms with E-state index in [9.17, 15) is 14.4 Å². The van der Waals surface area contributed by atoms with Crippen molar-refractivity contribution in [1.82, 2.24) is 15.5 Å². The first-order valence-electron chi connectivity index (χ1n) is 8.98. The van der Waals surface area contributed by atoms with Crippen LogP contribution >= 0.6 is 0 Å². The fraction of sp³-hybridized carbons (Fsp3) is 0.238. The second kappa shape index (κ2) is 8.94. The van der Waals surface area contributed by atoms with Crippen LogP contribution in [0.15, 0.2) is 59.4 Å². The van der Waals surface area contributed by atoms with Crippen LogP contribution in [0.2, 0.25) is 0 Å². The number of nitrogens with one attached hydrogen (secondary N) is 2. The van der Waals surface area contributed by atoms with E-state index in [4.69, 9.17) is 4.74 Å². The number of nitrogens with zero attached hydrogens (tertiary/aromatic N) is 1. The number of aromatic amines is 1. The maximum Gasteiger partial charge on any atom is 0.312 e. The highest BCUT2D eigenvalue weighted by Crippen LogP contribution is 2.14. The van der Waals surface area contributed by atoms with E-state index >= 15 is 0 Å². The van der Waals surface area contributed by atoms with Gasteiger partial charge in [0.1, 0.15) is 0 Å². The lowest BCUT2D eigenvalue weighted by Crippen LogP contribution is -2.32. The summed E-state index contributed by atoms with van der Waals surface area (Å²) in [6, 6.07) is 16.7. The molecule has 7 nitrogen and oxygen atoms in total. The molecule has 7 heteroatoms. The molecule has 0 saturated carbocycles. The number of aromatic nitrogens is 2. The van der Waals surface area contributed by atoms with Crippen LogP contribution in [0, 0.1) is 0 Å². The van der Waals surface area contributed by atoms with E-state index in [0.29, 0.717) is 23.0 Å². The van der Waals surface area contributed by atoms with Crippen LogP contribution in [-0.2, 0) is 20.7 Å². The van der Waals surface area contributed by atoms with E-state index in [2.05, 4.69) is 15.5 Å². The fourth-order valence-electron chi connectivity index (χ4n) is 2.86. The van der Waals surface area contributed by atoms with Crippen LogP contribution in [0.25, 0.3) is 10.8 Å². The molecule has 1 amide bonds. The SMILES string of the molecule is C[C@H](CNC(=O)COC(=O)Cc1n[nH]c(=O)c2ccccc12)c1ccccc1. The molecule has 3 aromatic rings. The molecule has 0 radical (unpaired) electrons. The van der Waals surface area contributed by atoms with E-state index in [1.165, 1.54) is 0 Å². The van der Waals surface area contributed by atoms with Gasteiger partial charge in [0.25, 0.3) is 11.5 Å². The third-order valence-corrected chi connectivity index (χ3v) is 4.43.